The number of hydrogen-bond donors (Lipinski definition) is 1. The fourth-order valence-electron chi connectivity index (χ4n) is 1.99. The predicted molar refractivity (Wildman–Crippen MR) is 84.5 cm³/mol. The molecule has 21 heavy (non-hydrogen) atoms. The maximum atomic E-state index is 9.15. The quantitative estimate of drug-likeness (QED) is 0.885. The van der Waals surface area contributed by atoms with E-state index in [1.54, 1.807) is 11.3 Å². The number of anilines is 1. The number of aromatic nitrogens is 1. The normalized spacial score (nSPS) is 12.6. The second-order valence-corrected chi connectivity index (χ2v) is 6.35. The fraction of sp³-hybridized carbons (Fsp3) is 0.467. The van der Waals surface area contributed by atoms with Gasteiger partial charge in [0.2, 0.25) is 17.5 Å². The van der Waals surface area contributed by atoms with Crippen LogP contribution in [-0.2, 0) is 0 Å². The second-order valence-electron chi connectivity index (χ2n) is 5.37. The van der Waals surface area contributed by atoms with Crippen LogP contribution in [0.1, 0.15) is 42.3 Å². The molecule has 0 saturated heterocycles. The van der Waals surface area contributed by atoms with Crippen LogP contribution in [-0.4, -0.2) is 30.5 Å². The van der Waals surface area contributed by atoms with Crippen LogP contribution in [0.25, 0.3) is 0 Å². The van der Waals surface area contributed by atoms with Gasteiger partial charge in [0.25, 0.3) is 0 Å². The van der Waals surface area contributed by atoms with Crippen molar-refractivity contribution in [2.45, 2.75) is 25.8 Å². The highest BCUT2D eigenvalue weighted by molar-refractivity contribution is 7.10. The molecule has 0 fully saturated rings. The summed E-state index contributed by atoms with van der Waals surface area (Å²) < 4.78 is 5.65. The summed E-state index contributed by atoms with van der Waals surface area (Å²) >= 11 is 1.72. The average molecular weight is 304 g/mol. The summed E-state index contributed by atoms with van der Waals surface area (Å²) in [7, 11) is 4.08. The van der Waals surface area contributed by atoms with Crippen molar-refractivity contribution in [3.8, 4) is 6.07 Å². The highest BCUT2D eigenvalue weighted by Crippen LogP contribution is 2.26. The molecule has 0 spiro atoms. The summed E-state index contributed by atoms with van der Waals surface area (Å²) in [5.74, 6) is 1.21. The van der Waals surface area contributed by atoms with Crippen LogP contribution in [0.4, 0.5) is 5.88 Å². The molecule has 2 aromatic rings. The van der Waals surface area contributed by atoms with Crippen molar-refractivity contribution in [3.63, 3.8) is 0 Å². The van der Waals surface area contributed by atoms with Gasteiger partial charge in [0.05, 0.1) is 6.04 Å². The van der Waals surface area contributed by atoms with Crippen molar-refractivity contribution in [1.29, 1.82) is 5.26 Å². The Hall–Kier alpha value is -1.84. The summed E-state index contributed by atoms with van der Waals surface area (Å²) in [6, 6.07) is 6.46. The van der Waals surface area contributed by atoms with Crippen LogP contribution < -0.4 is 5.32 Å². The lowest BCUT2D eigenvalue weighted by atomic mass is 10.2. The molecular weight excluding hydrogens is 284 g/mol. The zero-order valence-corrected chi connectivity index (χ0v) is 13.6. The number of likely N-dealkylation sites (N-methyl/N-ethyl adjacent to an activating group) is 1. The molecule has 0 radical (unpaired) electrons. The van der Waals surface area contributed by atoms with E-state index in [4.69, 9.17) is 9.68 Å². The topological polar surface area (TPSA) is 65.1 Å². The van der Waals surface area contributed by atoms with Gasteiger partial charge in [-0.05, 0) is 25.5 Å². The number of rotatable bonds is 6. The van der Waals surface area contributed by atoms with Crippen LogP contribution >= 0.6 is 11.3 Å². The first kappa shape index (κ1) is 15.5. The fourth-order valence-corrected chi connectivity index (χ4v) is 2.91. The molecule has 1 atom stereocenters. The van der Waals surface area contributed by atoms with Gasteiger partial charge in [-0.3, -0.25) is 0 Å². The molecule has 0 saturated carbocycles. The van der Waals surface area contributed by atoms with E-state index in [2.05, 4.69) is 32.7 Å². The lowest BCUT2D eigenvalue weighted by molar-refractivity contribution is 0.314. The molecule has 0 amide bonds. The molecule has 5 nitrogen and oxygen atoms in total. The third-order valence-corrected chi connectivity index (χ3v) is 4.17. The largest absolute Gasteiger partial charge is 0.424 e. The van der Waals surface area contributed by atoms with Gasteiger partial charge in [0.1, 0.15) is 6.07 Å². The summed E-state index contributed by atoms with van der Waals surface area (Å²) in [5, 5.41) is 14.4. The Bertz CT molecular complexity index is 610. The van der Waals surface area contributed by atoms with E-state index in [0.29, 0.717) is 24.0 Å². The predicted octanol–water partition coefficient (Wildman–Crippen LogP) is 3.45. The van der Waals surface area contributed by atoms with Crippen molar-refractivity contribution in [1.82, 2.24) is 9.88 Å². The third-order valence-electron chi connectivity index (χ3n) is 3.19. The van der Waals surface area contributed by atoms with E-state index in [0.717, 1.165) is 0 Å². The van der Waals surface area contributed by atoms with Gasteiger partial charge in [0, 0.05) is 17.3 Å². The van der Waals surface area contributed by atoms with Gasteiger partial charge in [-0.15, -0.1) is 11.3 Å². The third kappa shape index (κ3) is 3.63. The first-order valence-corrected chi connectivity index (χ1v) is 7.75. The number of thiophene rings is 1. The first-order chi connectivity index (χ1) is 10.0. The van der Waals surface area contributed by atoms with Crippen LogP contribution in [0.2, 0.25) is 0 Å². The Balaban J connectivity index is 2.13. The van der Waals surface area contributed by atoms with Crippen LogP contribution in [0.15, 0.2) is 21.9 Å². The average Bonchev–Trinajstić information content (AvgIpc) is 3.07. The highest BCUT2D eigenvalue weighted by Gasteiger charge is 2.19. The van der Waals surface area contributed by atoms with Crippen molar-refractivity contribution in [2.75, 3.05) is 26.0 Å². The molecule has 0 unspecified atom stereocenters. The zero-order valence-electron chi connectivity index (χ0n) is 12.8. The minimum atomic E-state index is 0.162. The van der Waals surface area contributed by atoms with E-state index in [1.165, 1.54) is 4.88 Å². The molecule has 6 heteroatoms. The molecule has 0 aliphatic carbocycles. The Labute approximate surface area is 129 Å². The molecule has 0 aliphatic heterocycles. The lowest BCUT2D eigenvalue weighted by Crippen LogP contribution is -2.26. The number of nitriles is 1. The summed E-state index contributed by atoms with van der Waals surface area (Å²) in [4.78, 5) is 7.63. The molecule has 0 aliphatic rings. The summed E-state index contributed by atoms with van der Waals surface area (Å²) in [6.45, 7) is 4.64. The number of nitrogens with zero attached hydrogens (tertiary/aromatic N) is 3. The van der Waals surface area contributed by atoms with Crippen molar-refractivity contribution in [3.05, 3.63) is 34.0 Å². The van der Waals surface area contributed by atoms with Gasteiger partial charge >= 0.3 is 0 Å². The van der Waals surface area contributed by atoms with Gasteiger partial charge < -0.3 is 14.6 Å². The molecule has 1 N–H and O–H groups in total. The molecule has 112 valence electrons. The lowest BCUT2D eigenvalue weighted by Gasteiger charge is -2.23. The van der Waals surface area contributed by atoms with Crippen LogP contribution in [0.5, 0.6) is 0 Å². The Morgan fingerprint density at radius 1 is 1.48 bits per heavy atom. The van der Waals surface area contributed by atoms with Gasteiger partial charge in [-0.25, -0.2) is 4.98 Å². The smallest absolute Gasteiger partial charge is 0.232 e. The molecular formula is C15H20N4OS. The molecule has 0 aromatic carbocycles. The van der Waals surface area contributed by atoms with Crippen molar-refractivity contribution in [2.24, 2.45) is 0 Å². The van der Waals surface area contributed by atoms with Gasteiger partial charge in [-0.2, -0.15) is 5.26 Å². The molecule has 2 aromatic heterocycles. The SMILES string of the molecule is CC(C)c1nc(C#N)c(NC[C@H](c2cccs2)N(C)C)o1. The Morgan fingerprint density at radius 2 is 2.24 bits per heavy atom. The maximum absolute atomic E-state index is 9.15. The summed E-state index contributed by atoms with van der Waals surface area (Å²) in [5.41, 5.74) is 0.322. The number of oxazole rings is 1. The first-order valence-electron chi connectivity index (χ1n) is 6.87. The molecule has 2 rings (SSSR count). The Morgan fingerprint density at radius 3 is 2.76 bits per heavy atom. The maximum Gasteiger partial charge on any atom is 0.232 e. The minimum Gasteiger partial charge on any atom is -0.424 e. The number of nitrogens with one attached hydrogen (secondary N) is 1. The van der Waals surface area contributed by atoms with E-state index in [9.17, 15) is 0 Å². The van der Waals surface area contributed by atoms with E-state index < -0.39 is 0 Å². The van der Waals surface area contributed by atoms with Crippen molar-refractivity contribution >= 4 is 17.2 Å². The van der Waals surface area contributed by atoms with Crippen molar-refractivity contribution < 1.29 is 4.42 Å². The second kappa shape index (κ2) is 6.74. The monoisotopic (exact) mass is 304 g/mol. The highest BCUT2D eigenvalue weighted by atomic mass is 32.1. The summed E-state index contributed by atoms with van der Waals surface area (Å²) in [6.07, 6.45) is 0. The van der Waals surface area contributed by atoms with E-state index in [1.807, 2.05) is 34.0 Å². The standard InChI is InChI=1S/C15H20N4OS/c1-10(2)14-18-11(8-16)15(20-14)17-9-12(19(3)4)13-6-5-7-21-13/h5-7,10,12,17H,9H2,1-4H3/t12-/m1/s1. The van der Waals surface area contributed by atoms with Crippen LogP contribution in [0.3, 0.4) is 0 Å². The molecule has 0 bridgehead atoms. The van der Waals surface area contributed by atoms with E-state index >= 15 is 0 Å². The zero-order chi connectivity index (χ0) is 15.4. The minimum absolute atomic E-state index is 0.162. The number of hydrogen-bond acceptors (Lipinski definition) is 6. The van der Waals surface area contributed by atoms with Crippen LogP contribution in [0, 0.1) is 11.3 Å². The molecule has 2 heterocycles. The van der Waals surface area contributed by atoms with Gasteiger partial charge in [0.15, 0.2) is 0 Å². The Kier molecular flexibility index (Phi) is 4.99. The van der Waals surface area contributed by atoms with Gasteiger partial charge in [-0.1, -0.05) is 19.9 Å². The van der Waals surface area contributed by atoms with E-state index in [-0.39, 0.29) is 12.0 Å².